The molecule has 4 rings (SSSR count). The minimum Gasteiger partial charge on any atom is -0.353 e. The largest absolute Gasteiger partial charge is 0.353 e. The smallest absolute Gasteiger partial charge is 0.241 e. The molecule has 0 spiro atoms. The number of carbonyl (C=O) groups is 1. The van der Waals surface area contributed by atoms with E-state index in [1.807, 2.05) is 0 Å². The summed E-state index contributed by atoms with van der Waals surface area (Å²) in [5.74, 6) is 1.20. The summed E-state index contributed by atoms with van der Waals surface area (Å²) in [4.78, 5) is 19.6. The topological polar surface area (TPSA) is 71.3 Å². The van der Waals surface area contributed by atoms with Gasteiger partial charge in [0.25, 0.3) is 0 Å². The fourth-order valence-electron chi connectivity index (χ4n) is 4.62. The van der Waals surface area contributed by atoms with Crippen LogP contribution in [0.1, 0.15) is 63.7 Å². The molecule has 168 valence electrons. The standard InChI is InChI=1S/C23H30Cl2N4O2/c24-17-10-11-19(20(25)13-17)22-27-21(31-28-22)15-29-12-6-7-16(14-29)23(30)26-18-8-4-2-1-3-5-9-18/h10-11,13,16,18H,1-9,12,14-15H2,(H,26,30). The van der Waals surface area contributed by atoms with E-state index in [1.165, 1.54) is 32.1 Å². The van der Waals surface area contributed by atoms with Gasteiger partial charge >= 0.3 is 0 Å². The highest BCUT2D eigenvalue weighted by Gasteiger charge is 2.28. The van der Waals surface area contributed by atoms with Gasteiger partial charge in [0.1, 0.15) is 0 Å². The van der Waals surface area contributed by atoms with Crippen LogP contribution in [0, 0.1) is 5.92 Å². The number of benzene rings is 1. The maximum absolute atomic E-state index is 12.9. The lowest BCUT2D eigenvalue weighted by Gasteiger charge is -2.32. The van der Waals surface area contributed by atoms with Crippen molar-refractivity contribution in [2.24, 2.45) is 5.92 Å². The first-order valence-electron chi connectivity index (χ1n) is 11.4. The molecule has 0 bridgehead atoms. The zero-order valence-electron chi connectivity index (χ0n) is 17.8. The Kier molecular flexibility index (Phi) is 7.86. The number of halogens is 2. The third-order valence-corrected chi connectivity index (χ3v) is 6.87. The third kappa shape index (κ3) is 6.21. The molecule has 1 aromatic heterocycles. The predicted octanol–water partition coefficient (Wildman–Crippen LogP) is 5.48. The molecule has 1 N–H and O–H groups in total. The molecule has 1 amide bonds. The Morgan fingerprint density at radius 1 is 1.10 bits per heavy atom. The maximum Gasteiger partial charge on any atom is 0.241 e. The summed E-state index contributed by atoms with van der Waals surface area (Å²) in [6.07, 6.45) is 10.5. The molecule has 0 radical (unpaired) electrons. The molecule has 6 nitrogen and oxygen atoms in total. The average Bonchev–Trinajstić information content (AvgIpc) is 3.18. The number of hydrogen-bond acceptors (Lipinski definition) is 5. The number of nitrogens with zero attached hydrogens (tertiary/aromatic N) is 3. The average molecular weight is 465 g/mol. The summed E-state index contributed by atoms with van der Waals surface area (Å²) in [5, 5.41) is 8.46. The molecule has 1 aliphatic carbocycles. The summed E-state index contributed by atoms with van der Waals surface area (Å²) in [6, 6.07) is 5.54. The number of piperidine rings is 1. The van der Waals surface area contributed by atoms with Crippen LogP contribution >= 0.6 is 23.2 Å². The molecule has 2 aromatic rings. The van der Waals surface area contributed by atoms with E-state index in [9.17, 15) is 4.79 Å². The highest BCUT2D eigenvalue weighted by molar-refractivity contribution is 6.36. The zero-order valence-corrected chi connectivity index (χ0v) is 19.3. The minimum absolute atomic E-state index is 0.0206. The Morgan fingerprint density at radius 2 is 1.87 bits per heavy atom. The summed E-state index contributed by atoms with van der Waals surface area (Å²) in [6.45, 7) is 2.18. The lowest BCUT2D eigenvalue weighted by molar-refractivity contribution is -0.127. The predicted molar refractivity (Wildman–Crippen MR) is 122 cm³/mol. The van der Waals surface area contributed by atoms with E-state index in [0.717, 1.165) is 38.8 Å². The Hall–Kier alpha value is -1.63. The fraction of sp³-hybridized carbons (Fsp3) is 0.609. The zero-order chi connectivity index (χ0) is 21.6. The van der Waals surface area contributed by atoms with Gasteiger partial charge in [0.05, 0.1) is 17.5 Å². The molecule has 8 heteroatoms. The molecule has 1 aliphatic heterocycles. The van der Waals surface area contributed by atoms with Crippen molar-refractivity contribution in [3.8, 4) is 11.4 Å². The molecule has 1 atom stereocenters. The lowest BCUT2D eigenvalue weighted by atomic mass is 9.94. The Labute approximate surface area is 193 Å². The second-order valence-electron chi connectivity index (χ2n) is 8.76. The van der Waals surface area contributed by atoms with Crippen molar-refractivity contribution < 1.29 is 9.32 Å². The molecular formula is C23H30Cl2N4O2. The van der Waals surface area contributed by atoms with Gasteiger partial charge in [-0.25, -0.2) is 0 Å². The van der Waals surface area contributed by atoms with Crippen LogP contribution in [0.5, 0.6) is 0 Å². The number of carbonyl (C=O) groups excluding carboxylic acids is 1. The molecule has 1 unspecified atom stereocenters. The van der Waals surface area contributed by atoms with Gasteiger partial charge in [-0.15, -0.1) is 0 Å². The van der Waals surface area contributed by atoms with Crippen LogP contribution in [-0.2, 0) is 11.3 Å². The lowest BCUT2D eigenvalue weighted by Crippen LogP contribution is -2.45. The van der Waals surface area contributed by atoms with E-state index in [0.29, 0.717) is 39.9 Å². The van der Waals surface area contributed by atoms with E-state index in [2.05, 4.69) is 20.4 Å². The van der Waals surface area contributed by atoms with Crippen LogP contribution in [0.4, 0.5) is 0 Å². The molecule has 1 saturated heterocycles. The van der Waals surface area contributed by atoms with Crippen molar-refractivity contribution in [3.05, 3.63) is 34.1 Å². The highest BCUT2D eigenvalue weighted by atomic mass is 35.5. The first-order valence-corrected chi connectivity index (χ1v) is 12.1. The van der Waals surface area contributed by atoms with E-state index in [1.54, 1.807) is 18.2 Å². The van der Waals surface area contributed by atoms with Crippen LogP contribution in [0.3, 0.4) is 0 Å². The maximum atomic E-state index is 12.9. The quantitative estimate of drug-likeness (QED) is 0.633. The van der Waals surface area contributed by atoms with Gasteiger partial charge in [-0.3, -0.25) is 9.69 Å². The Morgan fingerprint density at radius 3 is 2.65 bits per heavy atom. The number of aromatic nitrogens is 2. The van der Waals surface area contributed by atoms with Crippen molar-refractivity contribution in [3.63, 3.8) is 0 Å². The van der Waals surface area contributed by atoms with Gasteiger partial charge in [-0.2, -0.15) is 4.98 Å². The Bertz CT molecular complexity index is 880. The summed E-state index contributed by atoms with van der Waals surface area (Å²) in [7, 11) is 0. The normalized spacial score (nSPS) is 21.4. The van der Waals surface area contributed by atoms with E-state index in [4.69, 9.17) is 27.7 Å². The number of rotatable bonds is 5. The van der Waals surface area contributed by atoms with Gasteiger partial charge in [-0.05, 0) is 50.4 Å². The number of nitrogens with one attached hydrogen (secondary N) is 1. The van der Waals surface area contributed by atoms with Gasteiger partial charge in [0.2, 0.25) is 17.6 Å². The van der Waals surface area contributed by atoms with E-state index in [-0.39, 0.29) is 11.8 Å². The van der Waals surface area contributed by atoms with Gasteiger partial charge in [-0.1, -0.05) is 60.5 Å². The first kappa shape index (κ1) is 22.6. The molecule has 31 heavy (non-hydrogen) atoms. The van der Waals surface area contributed by atoms with E-state index >= 15 is 0 Å². The van der Waals surface area contributed by atoms with Crippen molar-refractivity contribution >= 4 is 29.1 Å². The molecule has 2 fully saturated rings. The Balaban J connectivity index is 1.32. The van der Waals surface area contributed by atoms with Crippen molar-refractivity contribution in [2.75, 3.05) is 13.1 Å². The van der Waals surface area contributed by atoms with Crippen LogP contribution in [0.15, 0.2) is 22.7 Å². The van der Waals surface area contributed by atoms with Crippen LogP contribution < -0.4 is 5.32 Å². The molecular weight excluding hydrogens is 435 g/mol. The second kappa shape index (κ2) is 10.8. The monoisotopic (exact) mass is 464 g/mol. The van der Waals surface area contributed by atoms with Crippen LogP contribution in [0.2, 0.25) is 10.0 Å². The number of amides is 1. The van der Waals surface area contributed by atoms with Crippen molar-refractivity contribution in [2.45, 2.75) is 70.4 Å². The summed E-state index contributed by atoms with van der Waals surface area (Å²) in [5.41, 5.74) is 0.691. The molecule has 2 aliphatic rings. The minimum atomic E-state index is 0.0206. The van der Waals surface area contributed by atoms with Crippen LogP contribution in [0.25, 0.3) is 11.4 Å². The molecule has 1 saturated carbocycles. The van der Waals surface area contributed by atoms with Gasteiger partial charge in [0.15, 0.2) is 0 Å². The first-order chi connectivity index (χ1) is 15.1. The number of likely N-dealkylation sites (tertiary alicyclic amines) is 1. The summed E-state index contributed by atoms with van der Waals surface area (Å²) >= 11 is 12.2. The van der Waals surface area contributed by atoms with E-state index < -0.39 is 0 Å². The second-order valence-corrected chi connectivity index (χ2v) is 9.60. The summed E-state index contributed by atoms with van der Waals surface area (Å²) < 4.78 is 5.46. The fourth-order valence-corrected chi connectivity index (χ4v) is 5.12. The van der Waals surface area contributed by atoms with Crippen molar-refractivity contribution in [1.29, 1.82) is 0 Å². The van der Waals surface area contributed by atoms with Crippen LogP contribution in [-0.4, -0.2) is 40.1 Å². The van der Waals surface area contributed by atoms with Gasteiger partial charge in [0, 0.05) is 23.2 Å². The van der Waals surface area contributed by atoms with Gasteiger partial charge < -0.3 is 9.84 Å². The SMILES string of the molecule is O=C(NC1CCCCCCC1)C1CCCN(Cc2nc(-c3ccc(Cl)cc3Cl)no2)C1. The highest BCUT2D eigenvalue weighted by Crippen LogP contribution is 2.29. The molecule has 1 aromatic carbocycles. The third-order valence-electron chi connectivity index (χ3n) is 6.33. The number of hydrogen-bond donors (Lipinski definition) is 1. The van der Waals surface area contributed by atoms with Crippen molar-refractivity contribution in [1.82, 2.24) is 20.4 Å². The molecule has 2 heterocycles.